The number of aliphatic hydroxyl groups is 1. The maximum Gasteiger partial charge on any atom is 0.303 e. The Bertz CT molecular complexity index is 551. The zero-order valence-electron chi connectivity index (χ0n) is 12.0. The lowest BCUT2D eigenvalue weighted by molar-refractivity contribution is 0.170. The van der Waals surface area contributed by atoms with E-state index in [4.69, 9.17) is 5.11 Å². The predicted molar refractivity (Wildman–Crippen MR) is 79.9 cm³/mol. The van der Waals surface area contributed by atoms with Crippen LogP contribution in [0.15, 0.2) is 24.3 Å². The van der Waals surface area contributed by atoms with Crippen molar-refractivity contribution in [2.45, 2.75) is 19.8 Å². The van der Waals surface area contributed by atoms with Crippen molar-refractivity contribution in [3.8, 4) is 0 Å². The Balaban J connectivity index is 2.17. The zero-order chi connectivity index (χ0) is 14.8. The summed E-state index contributed by atoms with van der Waals surface area (Å²) in [4.78, 5) is 0. The van der Waals surface area contributed by atoms with E-state index in [1.165, 1.54) is 8.61 Å². The largest absolute Gasteiger partial charge is 0.396 e. The van der Waals surface area contributed by atoms with Crippen LogP contribution >= 0.6 is 0 Å². The second-order valence-corrected chi connectivity index (χ2v) is 7.25. The molecular weight excluding hydrogens is 276 g/mol. The Hall–Kier alpha value is -1.11. The topological polar surface area (TPSA) is 60.9 Å². The smallest absolute Gasteiger partial charge is 0.303 e. The number of hydrogen-bond donors (Lipinski definition) is 1. The molecule has 112 valence electrons. The maximum atomic E-state index is 12.6. The minimum absolute atomic E-state index is 0.140. The average Bonchev–Trinajstić information content (AvgIpc) is 2.47. The number of rotatable bonds is 4. The lowest BCUT2D eigenvalue weighted by Crippen LogP contribution is -2.46. The van der Waals surface area contributed by atoms with E-state index in [1.54, 1.807) is 7.05 Å². The molecule has 1 N–H and O–H groups in total. The van der Waals surface area contributed by atoms with Crippen LogP contribution in [0.3, 0.4) is 0 Å². The predicted octanol–water partition coefficient (Wildman–Crippen LogP) is 1.38. The minimum Gasteiger partial charge on any atom is -0.396 e. The third-order valence-electron chi connectivity index (χ3n) is 3.96. The normalized spacial score (nSPS) is 18.1. The van der Waals surface area contributed by atoms with Crippen LogP contribution in [0.4, 0.5) is 5.69 Å². The summed E-state index contributed by atoms with van der Waals surface area (Å²) in [6.07, 6.45) is 1.44. The van der Waals surface area contributed by atoms with Crippen molar-refractivity contribution >= 4 is 15.9 Å². The first kappa shape index (κ1) is 15.3. The van der Waals surface area contributed by atoms with Crippen LogP contribution in [-0.4, -0.2) is 44.6 Å². The van der Waals surface area contributed by atoms with Gasteiger partial charge < -0.3 is 5.11 Å². The van der Waals surface area contributed by atoms with Gasteiger partial charge in [-0.05, 0) is 37.3 Å². The number of piperidine rings is 1. The fourth-order valence-electron chi connectivity index (χ4n) is 2.54. The molecule has 20 heavy (non-hydrogen) atoms. The van der Waals surface area contributed by atoms with E-state index in [0.717, 1.165) is 18.4 Å². The van der Waals surface area contributed by atoms with Gasteiger partial charge in [0.15, 0.2) is 0 Å². The molecule has 0 radical (unpaired) electrons. The Labute approximate surface area is 121 Å². The fraction of sp³-hybridized carbons (Fsp3) is 0.571. The zero-order valence-corrected chi connectivity index (χ0v) is 12.8. The highest BCUT2D eigenvalue weighted by Gasteiger charge is 2.31. The monoisotopic (exact) mass is 298 g/mol. The van der Waals surface area contributed by atoms with Gasteiger partial charge >= 0.3 is 10.2 Å². The van der Waals surface area contributed by atoms with Crippen molar-refractivity contribution in [1.82, 2.24) is 4.31 Å². The van der Waals surface area contributed by atoms with Gasteiger partial charge in [0.2, 0.25) is 0 Å². The van der Waals surface area contributed by atoms with Crippen molar-refractivity contribution < 1.29 is 13.5 Å². The number of para-hydroxylation sites is 1. The van der Waals surface area contributed by atoms with E-state index in [1.807, 2.05) is 31.2 Å². The van der Waals surface area contributed by atoms with Gasteiger partial charge in [-0.15, -0.1) is 0 Å². The van der Waals surface area contributed by atoms with Crippen LogP contribution in [0.5, 0.6) is 0 Å². The Morgan fingerprint density at radius 2 is 1.90 bits per heavy atom. The summed E-state index contributed by atoms with van der Waals surface area (Å²) in [5.41, 5.74) is 1.64. The first-order chi connectivity index (χ1) is 9.46. The molecule has 0 atom stereocenters. The van der Waals surface area contributed by atoms with Gasteiger partial charge in [0.25, 0.3) is 0 Å². The molecule has 1 saturated heterocycles. The Morgan fingerprint density at radius 1 is 1.30 bits per heavy atom. The number of hydrogen-bond acceptors (Lipinski definition) is 3. The molecule has 0 unspecified atom stereocenters. The second-order valence-electron chi connectivity index (χ2n) is 5.29. The van der Waals surface area contributed by atoms with Crippen LogP contribution in [-0.2, 0) is 10.2 Å². The van der Waals surface area contributed by atoms with E-state index < -0.39 is 10.2 Å². The molecule has 0 aromatic heterocycles. The third-order valence-corrected chi connectivity index (χ3v) is 5.87. The summed E-state index contributed by atoms with van der Waals surface area (Å²) in [5.74, 6) is 0.227. The third kappa shape index (κ3) is 2.97. The van der Waals surface area contributed by atoms with E-state index in [0.29, 0.717) is 18.8 Å². The highest BCUT2D eigenvalue weighted by Crippen LogP contribution is 2.25. The molecule has 2 rings (SSSR count). The molecule has 5 nitrogen and oxygen atoms in total. The molecule has 1 aromatic rings. The summed E-state index contributed by atoms with van der Waals surface area (Å²) in [5, 5.41) is 9.13. The summed E-state index contributed by atoms with van der Waals surface area (Å²) >= 11 is 0. The quantitative estimate of drug-likeness (QED) is 0.913. The number of anilines is 1. The Kier molecular flexibility index (Phi) is 4.67. The number of aliphatic hydroxyl groups excluding tert-OH is 1. The van der Waals surface area contributed by atoms with Gasteiger partial charge in [0.05, 0.1) is 5.69 Å². The lowest BCUT2D eigenvalue weighted by atomic mass is 10.00. The van der Waals surface area contributed by atoms with Crippen molar-refractivity contribution in [3.63, 3.8) is 0 Å². The minimum atomic E-state index is -3.48. The molecule has 6 heteroatoms. The summed E-state index contributed by atoms with van der Waals surface area (Å²) in [6, 6.07) is 7.45. The number of nitrogens with zero attached hydrogens (tertiary/aromatic N) is 2. The van der Waals surface area contributed by atoms with Crippen molar-refractivity contribution in [1.29, 1.82) is 0 Å². The second kappa shape index (κ2) is 6.11. The van der Waals surface area contributed by atoms with Crippen LogP contribution in [0.1, 0.15) is 18.4 Å². The highest BCUT2D eigenvalue weighted by atomic mass is 32.2. The molecule has 1 aliphatic heterocycles. The average molecular weight is 298 g/mol. The molecule has 1 aliphatic rings. The standard InChI is InChI=1S/C14H22N2O3S/c1-12-5-3-4-6-14(12)15(2)20(18,19)16-9-7-13(11-17)8-10-16/h3-6,13,17H,7-11H2,1-2H3. The molecule has 0 amide bonds. The molecule has 1 fully saturated rings. The van der Waals surface area contributed by atoms with Crippen molar-refractivity contribution in [3.05, 3.63) is 29.8 Å². The molecule has 0 bridgehead atoms. The van der Waals surface area contributed by atoms with Gasteiger partial charge in [-0.1, -0.05) is 18.2 Å². The lowest BCUT2D eigenvalue weighted by Gasteiger charge is -2.34. The maximum absolute atomic E-state index is 12.6. The highest BCUT2D eigenvalue weighted by molar-refractivity contribution is 7.90. The molecule has 0 aliphatic carbocycles. The molecule has 0 saturated carbocycles. The summed E-state index contributed by atoms with van der Waals surface area (Å²) in [7, 11) is -1.89. The first-order valence-electron chi connectivity index (χ1n) is 6.87. The van der Waals surface area contributed by atoms with Crippen molar-refractivity contribution in [2.75, 3.05) is 31.0 Å². The number of benzene rings is 1. The molecule has 1 aromatic carbocycles. The fourth-order valence-corrected chi connectivity index (χ4v) is 4.01. The molecule has 1 heterocycles. The van der Waals surface area contributed by atoms with Gasteiger partial charge in [-0.25, -0.2) is 0 Å². The van der Waals surface area contributed by atoms with Crippen LogP contribution in [0.2, 0.25) is 0 Å². The van der Waals surface area contributed by atoms with Gasteiger partial charge in [0, 0.05) is 26.7 Å². The molecule has 0 spiro atoms. The van der Waals surface area contributed by atoms with Crippen molar-refractivity contribution in [2.24, 2.45) is 5.92 Å². The van der Waals surface area contributed by atoms with E-state index in [2.05, 4.69) is 0 Å². The molecular formula is C14H22N2O3S. The van der Waals surface area contributed by atoms with Gasteiger partial charge in [-0.2, -0.15) is 12.7 Å². The number of aryl methyl sites for hydroxylation is 1. The van der Waals surface area contributed by atoms with Crippen LogP contribution < -0.4 is 4.31 Å². The van der Waals surface area contributed by atoms with Gasteiger partial charge in [0.1, 0.15) is 0 Å². The van der Waals surface area contributed by atoms with Crippen LogP contribution in [0, 0.1) is 12.8 Å². The summed E-state index contributed by atoms with van der Waals surface area (Å²) < 4.78 is 28.1. The Morgan fingerprint density at radius 3 is 2.45 bits per heavy atom. The first-order valence-corrected chi connectivity index (χ1v) is 8.27. The van der Waals surface area contributed by atoms with E-state index in [-0.39, 0.29) is 12.5 Å². The SMILES string of the molecule is Cc1ccccc1N(C)S(=O)(=O)N1CCC(CO)CC1. The van der Waals surface area contributed by atoms with Gasteiger partial charge in [-0.3, -0.25) is 4.31 Å². The summed E-state index contributed by atoms with van der Waals surface area (Å²) in [6.45, 7) is 2.99. The van der Waals surface area contributed by atoms with Crippen LogP contribution in [0.25, 0.3) is 0 Å². The van der Waals surface area contributed by atoms with E-state index in [9.17, 15) is 8.42 Å². The van der Waals surface area contributed by atoms with E-state index >= 15 is 0 Å².